The molecule has 3 N–H and O–H groups in total. The predicted molar refractivity (Wildman–Crippen MR) is 50.3 cm³/mol. The van der Waals surface area contributed by atoms with E-state index in [1.165, 1.54) is 12.1 Å². The first-order chi connectivity index (χ1) is 5.26. The summed E-state index contributed by atoms with van der Waals surface area (Å²) < 4.78 is 0. The molecule has 0 fully saturated rings. The molecule has 0 saturated heterocycles. The second-order valence-electron chi connectivity index (χ2n) is 3.23. The Bertz CT molecular complexity index is 274. The fraction of sp³-hybridized carbons (Fsp3) is 0.250. The molecule has 0 heterocycles. The Labute approximate surface area is 71.5 Å². The molecule has 0 radical (unpaired) electrons. The van der Waals surface area contributed by atoms with Gasteiger partial charge in [-0.2, -0.15) is 0 Å². The monoisotopic (exact) mass is 188 g/mol. The molecule has 68 valence electrons. The van der Waals surface area contributed by atoms with Gasteiger partial charge in [0.2, 0.25) is 0 Å². The zero-order valence-electron chi connectivity index (χ0n) is 7.10. The summed E-state index contributed by atoms with van der Waals surface area (Å²) in [6, 6.07) is 6.49. The maximum atomic E-state index is 9.29. The fourth-order valence-corrected chi connectivity index (χ4v) is 1.74. The van der Waals surface area contributed by atoms with E-state index in [4.69, 9.17) is 0 Å². The fourth-order valence-electron chi connectivity index (χ4n) is 0.894. The van der Waals surface area contributed by atoms with Crippen LogP contribution >= 0.6 is 7.28 Å². The molecule has 0 aromatic heterocycles. The molecular formula is C8H13O3P. The molecule has 0 amide bonds. The van der Waals surface area contributed by atoms with E-state index in [1.54, 1.807) is 12.1 Å². The van der Waals surface area contributed by atoms with Gasteiger partial charge in [-0.1, -0.05) is 0 Å². The third-order valence-corrected chi connectivity index (χ3v) is 3.15. The summed E-state index contributed by atoms with van der Waals surface area (Å²) in [6.07, 6.45) is 0. The van der Waals surface area contributed by atoms with Crippen LogP contribution in [0.5, 0.6) is 0 Å². The van der Waals surface area contributed by atoms with Gasteiger partial charge in [0.1, 0.15) is 0 Å². The molecule has 12 heavy (non-hydrogen) atoms. The Hall–Kier alpha value is -0.470. The van der Waals surface area contributed by atoms with Crippen molar-refractivity contribution in [2.24, 2.45) is 0 Å². The zero-order chi connectivity index (χ0) is 9.43. The molecule has 1 rings (SSSR count). The molecule has 1 aromatic carbocycles. The molecule has 0 atom stereocenters. The van der Waals surface area contributed by atoms with Gasteiger partial charge in [0, 0.05) is 0 Å². The van der Waals surface area contributed by atoms with Crippen LogP contribution < -0.4 is 5.30 Å². The van der Waals surface area contributed by atoms with Gasteiger partial charge in [-0.25, -0.2) is 0 Å². The Balaban J connectivity index is 3.15. The third kappa shape index (κ3) is 2.26. The zero-order valence-corrected chi connectivity index (χ0v) is 7.99. The van der Waals surface area contributed by atoms with Crippen molar-refractivity contribution in [3.63, 3.8) is 0 Å². The van der Waals surface area contributed by atoms with Crippen LogP contribution in [0.2, 0.25) is 0 Å². The maximum absolute atomic E-state index is 9.29. The Kier molecular flexibility index (Phi) is 2.01. The number of benzene rings is 1. The summed E-state index contributed by atoms with van der Waals surface area (Å²) >= 11 is 0. The Morgan fingerprint density at radius 3 is 1.75 bits per heavy atom. The molecular weight excluding hydrogens is 175 g/mol. The minimum absolute atomic E-state index is 0.187. The molecule has 0 aliphatic carbocycles. The van der Waals surface area contributed by atoms with Gasteiger partial charge in [0.25, 0.3) is 0 Å². The molecule has 0 aliphatic heterocycles. The average Bonchev–Trinajstić information content (AvgIpc) is 1.84. The van der Waals surface area contributed by atoms with Gasteiger partial charge < -0.3 is 0 Å². The van der Waals surface area contributed by atoms with E-state index in [9.17, 15) is 14.7 Å². The van der Waals surface area contributed by atoms with Crippen molar-refractivity contribution in [1.82, 2.24) is 0 Å². The first kappa shape index (κ1) is 9.62. The second kappa shape index (κ2) is 2.51. The van der Waals surface area contributed by atoms with Crippen molar-refractivity contribution < 1.29 is 14.7 Å². The van der Waals surface area contributed by atoms with Crippen LogP contribution in [0, 0.1) is 6.92 Å². The van der Waals surface area contributed by atoms with Crippen molar-refractivity contribution in [3.05, 3.63) is 29.8 Å². The van der Waals surface area contributed by atoms with Crippen LogP contribution in [0.25, 0.3) is 0 Å². The van der Waals surface area contributed by atoms with Gasteiger partial charge in [-0.05, 0) is 0 Å². The van der Waals surface area contributed by atoms with E-state index >= 15 is 0 Å². The molecule has 3 nitrogen and oxygen atoms in total. The van der Waals surface area contributed by atoms with Crippen molar-refractivity contribution in [1.29, 1.82) is 0 Å². The van der Waals surface area contributed by atoms with Crippen LogP contribution in [0.4, 0.5) is 0 Å². The van der Waals surface area contributed by atoms with Gasteiger partial charge in [-0.15, -0.1) is 0 Å². The van der Waals surface area contributed by atoms with Gasteiger partial charge in [-0.3, -0.25) is 0 Å². The van der Waals surface area contributed by atoms with E-state index in [0.717, 1.165) is 12.2 Å². The molecule has 0 spiro atoms. The average molecular weight is 188 g/mol. The summed E-state index contributed by atoms with van der Waals surface area (Å²) in [7, 11) is -4.52. The van der Waals surface area contributed by atoms with Crippen LogP contribution in [-0.4, -0.2) is 21.3 Å². The summed E-state index contributed by atoms with van der Waals surface area (Å²) in [5, 5.41) is 0.187. The van der Waals surface area contributed by atoms with E-state index in [2.05, 4.69) is 0 Å². The first-order valence-corrected chi connectivity index (χ1v) is 6.13. The third-order valence-electron chi connectivity index (χ3n) is 1.64. The normalized spacial score (nSPS) is 15.2. The molecule has 1 aromatic rings. The first-order valence-electron chi connectivity index (χ1n) is 3.59. The quantitative estimate of drug-likeness (QED) is 0.563. The SMILES string of the molecule is Cc1ccc(P(C)(O)(O)O)cc1. The molecule has 4 heteroatoms. The molecule has 0 aliphatic rings. The van der Waals surface area contributed by atoms with Gasteiger partial charge in [0.05, 0.1) is 0 Å². The summed E-state index contributed by atoms with van der Waals surface area (Å²) in [4.78, 5) is 27.9. The van der Waals surface area contributed by atoms with Crippen molar-refractivity contribution >= 4 is 12.6 Å². The van der Waals surface area contributed by atoms with Crippen molar-refractivity contribution in [3.8, 4) is 0 Å². The van der Waals surface area contributed by atoms with E-state index in [-0.39, 0.29) is 5.30 Å². The van der Waals surface area contributed by atoms with Crippen molar-refractivity contribution in [2.75, 3.05) is 6.66 Å². The summed E-state index contributed by atoms with van der Waals surface area (Å²) in [6.45, 7) is 2.94. The second-order valence-corrected chi connectivity index (χ2v) is 6.53. The standard InChI is InChI=1S/C8H13O3P/c1-7-3-5-8(6-4-7)12(2,9,10)11/h3-6,9-11H,1-2H3. The van der Waals surface area contributed by atoms with E-state index < -0.39 is 7.28 Å². The topological polar surface area (TPSA) is 60.7 Å². The summed E-state index contributed by atoms with van der Waals surface area (Å²) in [5.41, 5.74) is 1.01. The van der Waals surface area contributed by atoms with Crippen molar-refractivity contribution in [2.45, 2.75) is 6.92 Å². The van der Waals surface area contributed by atoms with Crippen LogP contribution in [-0.2, 0) is 0 Å². The number of rotatable bonds is 1. The molecule has 0 unspecified atom stereocenters. The van der Waals surface area contributed by atoms with Crippen LogP contribution in [0.3, 0.4) is 0 Å². The predicted octanol–water partition coefficient (Wildman–Crippen LogP) is 0.525. The van der Waals surface area contributed by atoms with E-state index in [1.807, 2.05) is 6.92 Å². The number of hydrogen-bond donors (Lipinski definition) is 3. The van der Waals surface area contributed by atoms with E-state index in [0.29, 0.717) is 0 Å². The van der Waals surface area contributed by atoms with Crippen LogP contribution in [0.15, 0.2) is 24.3 Å². The number of aryl methyl sites for hydroxylation is 1. The van der Waals surface area contributed by atoms with Gasteiger partial charge in [0.15, 0.2) is 0 Å². The number of hydrogen-bond acceptors (Lipinski definition) is 3. The Morgan fingerprint density at radius 1 is 1.00 bits per heavy atom. The Morgan fingerprint density at radius 2 is 1.42 bits per heavy atom. The summed E-state index contributed by atoms with van der Waals surface area (Å²) in [5.74, 6) is 0. The minimum atomic E-state index is -4.52. The van der Waals surface area contributed by atoms with Gasteiger partial charge >= 0.3 is 70.7 Å². The van der Waals surface area contributed by atoms with Crippen LogP contribution in [0.1, 0.15) is 5.56 Å². The molecule has 0 bridgehead atoms. The molecule has 0 saturated carbocycles.